The fourth-order valence-electron chi connectivity index (χ4n) is 2.82. The van der Waals surface area contributed by atoms with Crippen LogP contribution in [0.25, 0.3) is 11.4 Å². The summed E-state index contributed by atoms with van der Waals surface area (Å²) in [4.78, 5) is 13.3. The molecule has 2 N–H and O–H groups in total. The molecule has 1 fully saturated rings. The molecule has 0 amide bonds. The van der Waals surface area contributed by atoms with Crippen LogP contribution in [-0.4, -0.2) is 33.5 Å². The number of anilines is 2. The largest absolute Gasteiger partial charge is 0.330 e. The van der Waals surface area contributed by atoms with Gasteiger partial charge in [-0.2, -0.15) is 0 Å². The summed E-state index contributed by atoms with van der Waals surface area (Å²) in [5.74, 6) is 1.32. The molecule has 1 aliphatic carbocycles. The molecule has 146 valence electrons. The Bertz CT molecular complexity index is 1120. The summed E-state index contributed by atoms with van der Waals surface area (Å²) < 4.78 is 29.6. The second kappa shape index (κ2) is 6.68. The number of imidazole rings is 1. The quantitative estimate of drug-likeness (QED) is 0.662. The molecule has 3 aromatic rings. The van der Waals surface area contributed by atoms with Crippen molar-refractivity contribution in [3.05, 3.63) is 48.5 Å². The van der Waals surface area contributed by atoms with Gasteiger partial charge in [-0.1, -0.05) is 0 Å². The van der Waals surface area contributed by atoms with Gasteiger partial charge >= 0.3 is 0 Å². The smallest absolute Gasteiger partial charge is 0.241 e. The fourth-order valence-corrected chi connectivity index (χ4v) is 4.29. The molecule has 0 atom stereocenters. The predicted molar refractivity (Wildman–Crippen MR) is 107 cm³/mol. The molecule has 0 spiro atoms. The molecule has 1 aromatic carbocycles. The molecule has 28 heavy (non-hydrogen) atoms. The molecule has 0 radical (unpaired) electrons. The minimum atomic E-state index is -3.51. The van der Waals surface area contributed by atoms with Crippen molar-refractivity contribution >= 4 is 21.7 Å². The van der Waals surface area contributed by atoms with E-state index >= 15 is 0 Å². The van der Waals surface area contributed by atoms with Gasteiger partial charge in [0.1, 0.15) is 5.82 Å². The van der Waals surface area contributed by atoms with Crippen molar-refractivity contribution in [1.29, 1.82) is 0 Å². The number of hydrogen-bond acceptors (Lipinski definition) is 6. The molecule has 0 aliphatic heterocycles. The van der Waals surface area contributed by atoms with E-state index in [0.717, 1.165) is 30.1 Å². The van der Waals surface area contributed by atoms with Gasteiger partial charge in [-0.15, -0.1) is 0 Å². The molecule has 8 nitrogen and oxygen atoms in total. The highest BCUT2D eigenvalue weighted by atomic mass is 32.2. The molecule has 0 bridgehead atoms. The lowest BCUT2D eigenvalue weighted by molar-refractivity contribution is 0.558. The van der Waals surface area contributed by atoms with Gasteiger partial charge in [0.05, 0.1) is 22.5 Å². The van der Waals surface area contributed by atoms with Gasteiger partial charge in [0.15, 0.2) is 0 Å². The van der Waals surface area contributed by atoms with E-state index < -0.39 is 10.0 Å². The maximum atomic E-state index is 12.4. The third-order valence-corrected chi connectivity index (χ3v) is 6.59. The summed E-state index contributed by atoms with van der Waals surface area (Å²) in [6.07, 6.45) is 5.19. The Morgan fingerprint density at radius 1 is 1.11 bits per heavy atom. The highest BCUT2D eigenvalue weighted by Gasteiger charge is 2.41. The average molecular weight is 398 g/mol. The maximum Gasteiger partial charge on any atom is 0.241 e. The van der Waals surface area contributed by atoms with Crippen LogP contribution in [0.2, 0.25) is 0 Å². The van der Waals surface area contributed by atoms with Crippen LogP contribution in [0.3, 0.4) is 0 Å². The zero-order valence-corrected chi connectivity index (χ0v) is 16.8. The maximum absolute atomic E-state index is 12.4. The third-order valence-electron chi connectivity index (χ3n) is 4.94. The van der Waals surface area contributed by atoms with E-state index in [1.165, 1.54) is 0 Å². The zero-order chi connectivity index (χ0) is 19.9. The van der Waals surface area contributed by atoms with Crippen molar-refractivity contribution in [2.75, 3.05) is 5.32 Å². The summed E-state index contributed by atoms with van der Waals surface area (Å²) in [7, 11) is -1.58. The SMILES string of the molecule is Cc1ncc(-c2ccnc(Nc3ccc(S(=O)(=O)NC4(C)CC4)cc3)n2)n1C. The number of aromatic nitrogens is 4. The second-order valence-corrected chi connectivity index (χ2v) is 9.01. The Labute approximate surface area is 164 Å². The van der Waals surface area contributed by atoms with E-state index in [0.29, 0.717) is 11.6 Å². The number of sulfonamides is 1. The highest BCUT2D eigenvalue weighted by Crippen LogP contribution is 2.36. The summed E-state index contributed by atoms with van der Waals surface area (Å²) in [6.45, 7) is 3.84. The van der Waals surface area contributed by atoms with E-state index in [-0.39, 0.29) is 10.4 Å². The Hall–Kier alpha value is -2.78. The highest BCUT2D eigenvalue weighted by molar-refractivity contribution is 7.89. The molecular formula is C19H22N6O2S. The van der Waals surface area contributed by atoms with Crippen LogP contribution in [-0.2, 0) is 17.1 Å². The van der Waals surface area contributed by atoms with E-state index in [1.807, 2.05) is 31.5 Å². The van der Waals surface area contributed by atoms with Crippen molar-refractivity contribution in [2.45, 2.75) is 37.1 Å². The summed E-state index contributed by atoms with van der Waals surface area (Å²) in [5, 5.41) is 3.11. The fraction of sp³-hybridized carbons (Fsp3) is 0.316. The Morgan fingerprint density at radius 2 is 1.82 bits per heavy atom. The summed E-state index contributed by atoms with van der Waals surface area (Å²) in [5.41, 5.74) is 2.05. The summed E-state index contributed by atoms with van der Waals surface area (Å²) >= 11 is 0. The van der Waals surface area contributed by atoms with Crippen LogP contribution >= 0.6 is 0 Å². The van der Waals surface area contributed by atoms with Gasteiger partial charge in [-0.3, -0.25) is 0 Å². The summed E-state index contributed by atoms with van der Waals surface area (Å²) in [6, 6.07) is 8.37. The topological polar surface area (TPSA) is 102 Å². The van der Waals surface area contributed by atoms with E-state index in [2.05, 4.69) is 25.0 Å². The first-order valence-corrected chi connectivity index (χ1v) is 10.5. The third kappa shape index (κ3) is 3.76. The molecule has 4 rings (SSSR count). The number of hydrogen-bond donors (Lipinski definition) is 2. The molecule has 0 saturated heterocycles. The minimum absolute atomic E-state index is 0.242. The van der Waals surface area contributed by atoms with Crippen LogP contribution in [0.15, 0.2) is 47.6 Å². The van der Waals surface area contributed by atoms with Crippen molar-refractivity contribution in [3.8, 4) is 11.4 Å². The molecule has 1 saturated carbocycles. The Kier molecular flexibility index (Phi) is 4.43. The molecule has 2 heterocycles. The van der Waals surface area contributed by atoms with E-state index in [4.69, 9.17) is 0 Å². The van der Waals surface area contributed by atoms with Crippen LogP contribution in [0, 0.1) is 6.92 Å². The van der Waals surface area contributed by atoms with Crippen LogP contribution in [0.5, 0.6) is 0 Å². The van der Waals surface area contributed by atoms with Crippen molar-refractivity contribution < 1.29 is 8.42 Å². The van der Waals surface area contributed by atoms with E-state index in [9.17, 15) is 8.42 Å². The minimum Gasteiger partial charge on any atom is -0.330 e. The number of rotatable bonds is 6. The van der Waals surface area contributed by atoms with Crippen LogP contribution in [0.4, 0.5) is 11.6 Å². The second-order valence-electron chi connectivity index (χ2n) is 7.33. The van der Waals surface area contributed by atoms with Gasteiger partial charge in [0.25, 0.3) is 0 Å². The van der Waals surface area contributed by atoms with Gasteiger partial charge in [-0.05, 0) is 57.0 Å². The predicted octanol–water partition coefficient (Wildman–Crippen LogP) is 2.76. The standard InChI is InChI=1S/C19H22N6O2S/c1-13-21-12-17(25(13)3)16-8-11-20-18(23-16)22-14-4-6-15(7-5-14)28(26,27)24-19(2)9-10-19/h4-8,11-12,24H,9-10H2,1-3H3,(H,20,22,23). The number of benzene rings is 1. The van der Waals surface area contributed by atoms with Gasteiger partial charge < -0.3 is 9.88 Å². The van der Waals surface area contributed by atoms with Crippen molar-refractivity contribution in [2.24, 2.45) is 7.05 Å². The molecule has 0 unspecified atom stereocenters. The number of aryl methyl sites for hydroxylation is 1. The lowest BCUT2D eigenvalue weighted by Crippen LogP contribution is -2.34. The van der Waals surface area contributed by atoms with Crippen molar-refractivity contribution in [1.82, 2.24) is 24.2 Å². The Balaban J connectivity index is 1.52. The zero-order valence-electron chi connectivity index (χ0n) is 16.0. The average Bonchev–Trinajstić information content (AvgIpc) is 3.28. The lowest BCUT2D eigenvalue weighted by Gasteiger charge is -2.12. The van der Waals surface area contributed by atoms with Gasteiger partial charge in [0, 0.05) is 24.5 Å². The first kappa shape index (κ1) is 18.6. The lowest BCUT2D eigenvalue weighted by atomic mass is 10.3. The van der Waals surface area contributed by atoms with E-state index in [1.54, 1.807) is 36.7 Å². The van der Waals surface area contributed by atoms with Crippen molar-refractivity contribution in [3.63, 3.8) is 0 Å². The molecular weight excluding hydrogens is 376 g/mol. The first-order valence-electron chi connectivity index (χ1n) is 8.99. The molecule has 9 heteroatoms. The molecule has 1 aliphatic rings. The van der Waals surface area contributed by atoms with Gasteiger partial charge in [0.2, 0.25) is 16.0 Å². The normalized spacial score (nSPS) is 15.4. The number of nitrogens with one attached hydrogen (secondary N) is 2. The Morgan fingerprint density at radius 3 is 2.43 bits per heavy atom. The molecule has 2 aromatic heterocycles. The van der Waals surface area contributed by atoms with Crippen LogP contribution < -0.4 is 10.0 Å². The first-order chi connectivity index (χ1) is 13.3. The van der Waals surface area contributed by atoms with Crippen LogP contribution in [0.1, 0.15) is 25.6 Å². The number of nitrogens with zero attached hydrogens (tertiary/aromatic N) is 4. The van der Waals surface area contributed by atoms with Gasteiger partial charge in [-0.25, -0.2) is 28.1 Å². The monoisotopic (exact) mass is 398 g/mol.